The molecule has 0 amide bonds. The summed E-state index contributed by atoms with van der Waals surface area (Å²) in [5.41, 5.74) is 0.523. The smallest absolute Gasteiger partial charge is 0.157 e. The number of aliphatic imine (C=N–C) groups is 1. The van der Waals surface area contributed by atoms with E-state index in [1.54, 1.807) is 0 Å². The van der Waals surface area contributed by atoms with Gasteiger partial charge in [-0.3, -0.25) is 4.99 Å². The Morgan fingerprint density at radius 3 is 2.90 bits per heavy atom. The fourth-order valence-electron chi connectivity index (χ4n) is 4.19. The quantitative estimate of drug-likeness (QED) is 0.860. The third-order valence-corrected chi connectivity index (χ3v) is 6.89. The van der Waals surface area contributed by atoms with Gasteiger partial charge >= 0.3 is 0 Å². The summed E-state index contributed by atoms with van der Waals surface area (Å²) < 4.78 is 5.82. The van der Waals surface area contributed by atoms with Crippen molar-refractivity contribution in [1.82, 2.24) is 5.32 Å². The van der Waals surface area contributed by atoms with Crippen LogP contribution in [0.25, 0.3) is 0 Å². The molecule has 3 fully saturated rings. The van der Waals surface area contributed by atoms with Crippen LogP contribution in [0.2, 0.25) is 0 Å². The minimum absolute atomic E-state index is 0.181. The molecule has 3 nitrogen and oxygen atoms in total. The van der Waals surface area contributed by atoms with Gasteiger partial charge in [-0.25, -0.2) is 0 Å². The molecule has 0 aromatic rings. The van der Waals surface area contributed by atoms with Crippen LogP contribution in [0.5, 0.6) is 0 Å². The van der Waals surface area contributed by atoms with Gasteiger partial charge < -0.3 is 10.1 Å². The molecule has 1 spiro atoms. The zero-order valence-corrected chi connectivity index (χ0v) is 14.8. The fraction of sp³-hybridized carbons (Fsp3) is 0.941. The van der Waals surface area contributed by atoms with Crippen molar-refractivity contribution < 1.29 is 4.74 Å². The second-order valence-corrected chi connectivity index (χ2v) is 8.81. The van der Waals surface area contributed by atoms with Gasteiger partial charge in [-0.2, -0.15) is 0 Å². The molecule has 2 saturated carbocycles. The SMILES string of the molecule is CCOC1CC(N=C2NC3(CCCC(C)C3)CS2)C1(C)C. The first-order valence-electron chi connectivity index (χ1n) is 8.55. The number of nitrogens with zero attached hydrogens (tertiary/aromatic N) is 1. The molecule has 1 aliphatic heterocycles. The van der Waals surface area contributed by atoms with Crippen molar-refractivity contribution in [1.29, 1.82) is 0 Å². The van der Waals surface area contributed by atoms with Crippen molar-refractivity contribution in [3.63, 3.8) is 0 Å². The standard InChI is InChI=1S/C17H30N2OS/c1-5-20-14-9-13(16(14,3)4)18-15-19-17(11-21-15)8-6-7-12(2)10-17/h12-14H,5-11H2,1-4H3,(H,18,19). The van der Waals surface area contributed by atoms with Crippen molar-refractivity contribution in [2.75, 3.05) is 12.4 Å². The van der Waals surface area contributed by atoms with E-state index in [-0.39, 0.29) is 5.41 Å². The number of hydrogen-bond donors (Lipinski definition) is 1. The molecule has 4 atom stereocenters. The molecule has 21 heavy (non-hydrogen) atoms. The Balaban J connectivity index is 1.62. The number of nitrogens with one attached hydrogen (secondary N) is 1. The molecule has 120 valence electrons. The van der Waals surface area contributed by atoms with Gasteiger partial charge in [-0.05, 0) is 32.1 Å². The van der Waals surface area contributed by atoms with E-state index in [4.69, 9.17) is 9.73 Å². The Morgan fingerprint density at radius 1 is 1.43 bits per heavy atom. The number of amidine groups is 1. The average Bonchev–Trinajstić information content (AvgIpc) is 2.80. The van der Waals surface area contributed by atoms with Crippen LogP contribution in [-0.2, 0) is 4.74 Å². The van der Waals surface area contributed by atoms with Gasteiger partial charge in [0.25, 0.3) is 0 Å². The van der Waals surface area contributed by atoms with Crippen LogP contribution >= 0.6 is 11.8 Å². The maximum Gasteiger partial charge on any atom is 0.157 e. The highest BCUT2D eigenvalue weighted by Gasteiger charge is 2.50. The predicted molar refractivity (Wildman–Crippen MR) is 91.0 cm³/mol. The highest BCUT2D eigenvalue weighted by atomic mass is 32.2. The lowest BCUT2D eigenvalue weighted by Crippen LogP contribution is -2.54. The van der Waals surface area contributed by atoms with Crippen molar-refractivity contribution in [3.05, 3.63) is 0 Å². The maximum atomic E-state index is 5.82. The molecule has 1 heterocycles. The lowest BCUT2D eigenvalue weighted by molar-refractivity contribution is -0.103. The first-order chi connectivity index (χ1) is 9.95. The third-order valence-electron chi connectivity index (χ3n) is 5.72. The Morgan fingerprint density at radius 2 is 2.24 bits per heavy atom. The van der Waals surface area contributed by atoms with Crippen LogP contribution in [0.1, 0.15) is 59.8 Å². The molecule has 1 N–H and O–H groups in total. The number of rotatable bonds is 3. The molecule has 0 aromatic heterocycles. The summed E-state index contributed by atoms with van der Waals surface area (Å²) in [5, 5.41) is 4.98. The molecule has 0 bridgehead atoms. The molecule has 0 aromatic carbocycles. The molecule has 4 unspecified atom stereocenters. The lowest BCUT2D eigenvalue weighted by Gasteiger charge is -2.49. The summed E-state index contributed by atoms with van der Waals surface area (Å²) in [6.07, 6.45) is 6.85. The van der Waals surface area contributed by atoms with Crippen molar-refractivity contribution >= 4 is 16.9 Å². The maximum absolute atomic E-state index is 5.82. The topological polar surface area (TPSA) is 33.6 Å². The van der Waals surface area contributed by atoms with E-state index in [1.165, 1.54) is 36.6 Å². The van der Waals surface area contributed by atoms with Gasteiger partial charge in [-0.1, -0.05) is 45.4 Å². The van der Waals surface area contributed by atoms with Gasteiger partial charge in [0.1, 0.15) is 0 Å². The molecule has 0 radical (unpaired) electrons. The van der Waals surface area contributed by atoms with E-state index < -0.39 is 0 Å². The van der Waals surface area contributed by atoms with Crippen LogP contribution in [0.15, 0.2) is 4.99 Å². The summed E-state index contributed by atoms with van der Waals surface area (Å²) in [5.74, 6) is 2.06. The predicted octanol–water partition coefficient (Wildman–Crippen LogP) is 3.83. The molecule has 4 heteroatoms. The largest absolute Gasteiger partial charge is 0.378 e. The zero-order chi connectivity index (χ0) is 15.1. The summed E-state index contributed by atoms with van der Waals surface area (Å²) in [6, 6.07) is 0.417. The number of hydrogen-bond acceptors (Lipinski definition) is 3. The van der Waals surface area contributed by atoms with E-state index in [1.807, 2.05) is 11.8 Å². The van der Waals surface area contributed by atoms with Gasteiger partial charge in [0.05, 0.1) is 12.1 Å². The normalized spacial score (nSPS) is 43.8. The van der Waals surface area contributed by atoms with Crippen molar-refractivity contribution in [2.24, 2.45) is 16.3 Å². The molecule has 1 saturated heterocycles. The van der Waals surface area contributed by atoms with Crippen LogP contribution in [0.4, 0.5) is 0 Å². The van der Waals surface area contributed by atoms with E-state index >= 15 is 0 Å². The van der Waals surface area contributed by atoms with Gasteiger partial charge in [0, 0.05) is 23.3 Å². The van der Waals surface area contributed by atoms with E-state index in [0.717, 1.165) is 18.9 Å². The van der Waals surface area contributed by atoms with Crippen molar-refractivity contribution in [3.8, 4) is 0 Å². The summed E-state index contributed by atoms with van der Waals surface area (Å²) in [6.45, 7) is 9.88. The van der Waals surface area contributed by atoms with Crippen LogP contribution < -0.4 is 5.32 Å². The van der Waals surface area contributed by atoms with Gasteiger partial charge in [-0.15, -0.1) is 0 Å². The highest BCUT2D eigenvalue weighted by molar-refractivity contribution is 8.14. The van der Waals surface area contributed by atoms with Crippen LogP contribution in [0.3, 0.4) is 0 Å². The molecule has 2 aliphatic carbocycles. The molecule has 3 rings (SSSR count). The Bertz CT molecular complexity index is 423. The molecular weight excluding hydrogens is 280 g/mol. The van der Waals surface area contributed by atoms with Crippen LogP contribution in [-0.4, -0.2) is 35.2 Å². The fourth-order valence-corrected chi connectivity index (χ4v) is 5.43. The monoisotopic (exact) mass is 310 g/mol. The Kier molecular flexibility index (Phi) is 4.30. The minimum Gasteiger partial charge on any atom is -0.378 e. The first kappa shape index (κ1) is 15.7. The third kappa shape index (κ3) is 2.98. The minimum atomic E-state index is 0.181. The highest BCUT2D eigenvalue weighted by Crippen LogP contribution is 2.46. The van der Waals surface area contributed by atoms with E-state index in [2.05, 4.69) is 33.0 Å². The van der Waals surface area contributed by atoms with E-state index in [0.29, 0.717) is 17.7 Å². The second kappa shape index (κ2) is 5.77. The number of ether oxygens (including phenoxy) is 1. The average molecular weight is 311 g/mol. The summed E-state index contributed by atoms with van der Waals surface area (Å²) in [7, 11) is 0. The summed E-state index contributed by atoms with van der Waals surface area (Å²) >= 11 is 1.94. The van der Waals surface area contributed by atoms with Gasteiger partial charge in [0.2, 0.25) is 0 Å². The molecular formula is C17H30N2OS. The van der Waals surface area contributed by atoms with Crippen molar-refractivity contribution in [2.45, 2.75) is 77.5 Å². The summed E-state index contributed by atoms with van der Waals surface area (Å²) in [4.78, 5) is 5.03. The second-order valence-electron chi connectivity index (χ2n) is 7.85. The lowest BCUT2D eigenvalue weighted by atomic mass is 9.65. The molecule has 3 aliphatic rings. The Labute approximate surface area is 133 Å². The van der Waals surface area contributed by atoms with Gasteiger partial charge in [0.15, 0.2) is 5.17 Å². The van der Waals surface area contributed by atoms with E-state index in [9.17, 15) is 0 Å². The Hall–Kier alpha value is -0.220. The zero-order valence-electron chi connectivity index (χ0n) is 13.9. The first-order valence-corrected chi connectivity index (χ1v) is 9.54. The van der Waals surface area contributed by atoms with Crippen LogP contribution in [0, 0.1) is 11.3 Å². The number of thioether (sulfide) groups is 1.